The topological polar surface area (TPSA) is 15.3 Å². The molecule has 2 nitrogen and oxygen atoms in total. The van der Waals surface area contributed by atoms with Crippen molar-refractivity contribution in [3.63, 3.8) is 0 Å². The van der Waals surface area contributed by atoms with Crippen LogP contribution in [0.2, 0.25) is 0 Å². The molecule has 0 saturated heterocycles. The highest BCUT2D eigenvalue weighted by Gasteiger charge is 2.35. The van der Waals surface area contributed by atoms with E-state index in [1.54, 1.807) is 0 Å². The van der Waals surface area contributed by atoms with Crippen molar-refractivity contribution in [2.75, 3.05) is 20.6 Å². The van der Waals surface area contributed by atoms with E-state index < -0.39 is 0 Å². The first-order valence-corrected chi connectivity index (χ1v) is 8.86. The average Bonchev–Trinajstić information content (AvgIpc) is 2.45. The molecule has 0 heterocycles. The summed E-state index contributed by atoms with van der Waals surface area (Å²) in [6, 6.07) is 0.601. The van der Waals surface area contributed by atoms with Crippen molar-refractivity contribution in [1.29, 1.82) is 0 Å². The van der Waals surface area contributed by atoms with Crippen molar-refractivity contribution in [2.24, 2.45) is 5.92 Å². The van der Waals surface area contributed by atoms with Gasteiger partial charge in [0, 0.05) is 11.6 Å². The minimum Gasteiger partial charge on any atom is -0.312 e. The molecule has 3 unspecified atom stereocenters. The van der Waals surface area contributed by atoms with Gasteiger partial charge in [0.25, 0.3) is 0 Å². The van der Waals surface area contributed by atoms with E-state index in [1.165, 1.54) is 44.9 Å². The molecule has 3 atom stereocenters. The first-order valence-electron chi connectivity index (χ1n) is 8.86. The van der Waals surface area contributed by atoms with Gasteiger partial charge in [0.05, 0.1) is 0 Å². The molecule has 0 amide bonds. The standard InChI is InChI=1S/C18H40N2/c1-8-12-13-16(10-3)15-17(19-14-9-2)18(5,11-4)20(6)7/h16-17,19H,8-15H2,1-7H3. The highest BCUT2D eigenvalue weighted by Crippen LogP contribution is 2.28. The Morgan fingerprint density at radius 2 is 1.70 bits per heavy atom. The van der Waals surface area contributed by atoms with E-state index in [0.717, 1.165) is 12.5 Å². The summed E-state index contributed by atoms with van der Waals surface area (Å²) in [4.78, 5) is 2.42. The fourth-order valence-corrected chi connectivity index (χ4v) is 3.06. The smallest absolute Gasteiger partial charge is 0.0325 e. The molecule has 0 radical (unpaired) electrons. The predicted octanol–water partition coefficient (Wildman–Crippen LogP) is 4.69. The molecule has 0 aromatic carbocycles. The van der Waals surface area contributed by atoms with Crippen molar-refractivity contribution in [1.82, 2.24) is 10.2 Å². The Morgan fingerprint density at radius 3 is 2.10 bits per heavy atom. The highest BCUT2D eigenvalue weighted by atomic mass is 15.2. The van der Waals surface area contributed by atoms with Crippen LogP contribution in [0.3, 0.4) is 0 Å². The maximum absolute atomic E-state index is 3.84. The molecule has 0 aromatic heterocycles. The summed E-state index contributed by atoms with van der Waals surface area (Å²) in [6.45, 7) is 12.8. The van der Waals surface area contributed by atoms with Gasteiger partial charge in [0.2, 0.25) is 0 Å². The molecule has 0 rings (SSSR count). The molecule has 0 bridgehead atoms. The Bertz CT molecular complexity index is 227. The Labute approximate surface area is 128 Å². The van der Waals surface area contributed by atoms with Gasteiger partial charge in [-0.25, -0.2) is 0 Å². The van der Waals surface area contributed by atoms with E-state index in [-0.39, 0.29) is 5.54 Å². The van der Waals surface area contributed by atoms with Gasteiger partial charge >= 0.3 is 0 Å². The first kappa shape index (κ1) is 19.9. The van der Waals surface area contributed by atoms with E-state index in [2.05, 4.69) is 58.9 Å². The molecule has 0 aromatic rings. The van der Waals surface area contributed by atoms with E-state index in [0.29, 0.717) is 6.04 Å². The van der Waals surface area contributed by atoms with Crippen LogP contribution in [-0.4, -0.2) is 37.1 Å². The zero-order chi connectivity index (χ0) is 15.6. The Hall–Kier alpha value is -0.0800. The van der Waals surface area contributed by atoms with Crippen molar-refractivity contribution in [2.45, 2.75) is 91.1 Å². The molecule has 122 valence electrons. The number of hydrogen-bond acceptors (Lipinski definition) is 2. The largest absolute Gasteiger partial charge is 0.312 e. The minimum absolute atomic E-state index is 0.259. The molecule has 0 aliphatic carbocycles. The van der Waals surface area contributed by atoms with Gasteiger partial charge < -0.3 is 10.2 Å². The van der Waals surface area contributed by atoms with Gasteiger partial charge in [-0.1, -0.05) is 53.4 Å². The molecular weight excluding hydrogens is 244 g/mol. The number of hydrogen-bond donors (Lipinski definition) is 1. The maximum atomic E-state index is 3.84. The Morgan fingerprint density at radius 1 is 1.05 bits per heavy atom. The monoisotopic (exact) mass is 284 g/mol. The van der Waals surface area contributed by atoms with Crippen LogP contribution in [0.1, 0.15) is 79.6 Å². The van der Waals surface area contributed by atoms with Crippen LogP contribution in [0.5, 0.6) is 0 Å². The van der Waals surface area contributed by atoms with Crippen molar-refractivity contribution < 1.29 is 0 Å². The van der Waals surface area contributed by atoms with Gasteiger partial charge in [-0.05, 0) is 52.7 Å². The predicted molar refractivity (Wildman–Crippen MR) is 92.4 cm³/mol. The summed E-state index contributed by atoms with van der Waals surface area (Å²) in [5.41, 5.74) is 0.259. The Balaban J connectivity index is 4.84. The second kappa shape index (κ2) is 10.6. The van der Waals surface area contributed by atoms with E-state index in [1.807, 2.05) is 0 Å². The third kappa shape index (κ3) is 6.13. The fraction of sp³-hybridized carbons (Fsp3) is 1.00. The summed E-state index contributed by atoms with van der Waals surface area (Å²) in [7, 11) is 4.47. The SMILES string of the molecule is CCCCC(CC)CC(NCCC)C(C)(CC)N(C)C. The van der Waals surface area contributed by atoms with Crippen LogP contribution in [0.4, 0.5) is 0 Å². The lowest BCUT2D eigenvalue weighted by atomic mass is 9.80. The van der Waals surface area contributed by atoms with Crippen LogP contribution >= 0.6 is 0 Å². The number of nitrogens with one attached hydrogen (secondary N) is 1. The molecule has 2 heteroatoms. The van der Waals surface area contributed by atoms with Crippen LogP contribution < -0.4 is 5.32 Å². The van der Waals surface area contributed by atoms with Crippen LogP contribution in [0.25, 0.3) is 0 Å². The van der Waals surface area contributed by atoms with E-state index in [4.69, 9.17) is 0 Å². The number of likely N-dealkylation sites (N-methyl/N-ethyl adjacent to an activating group) is 1. The van der Waals surface area contributed by atoms with Crippen LogP contribution in [0, 0.1) is 5.92 Å². The van der Waals surface area contributed by atoms with E-state index >= 15 is 0 Å². The third-order valence-corrected chi connectivity index (χ3v) is 5.24. The first-order chi connectivity index (χ1) is 9.46. The third-order valence-electron chi connectivity index (χ3n) is 5.24. The number of unbranched alkanes of at least 4 members (excludes halogenated alkanes) is 1. The summed E-state index contributed by atoms with van der Waals surface area (Å²) < 4.78 is 0. The van der Waals surface area contributed by atoms with Crippen molar-refractivity contribution in [3.05, 3.63) is 0 Å². The van der Waals surface area contributed by atoms with Gasteiger partial charge in [0.15, 0.2) is 0 Å². The molecule has 1 N–H and O–H groups in total. The maximum Gasteiger partial charge on any atom is 0.0325 e. The molecule has 0 fully saturated rings. The fourth-order valence-electron chi connectivity index (χ4n) is 3.06. The molecule has 20 heavy (non-hydrogen) atoms. The van der Waals surface area contributed by atoms with Crippen LogP contribution in [-0.2, 0) is 0 Å². The average molecular weight is 285 g/mol. The van der Waals surface area contributed by atoms with Crippen molar-refractivity contribution >= 4 is 0 Å². The summed E-state index contributed by atoms with van der Waals surface area (Å²) in [5.74, 6) is 0.870. The van der Waals surface area contributed by atoms with E-state index in [9.17, 15) is 0 Å². The van der Waals surface area contributed by atoms with Crippen LogP contribution in [0.15, 0.2) is 0 Å². The van der Waals surface area contributed by atoms with Gasteiger partial charge in [-0.3, -0.25) is 0 Å². The highest BCUT2D eigenvalue weighted by molar-refractivity contribution is 4.95. The molecular formula is C18H40N2. The Kier molecular flexibility index (Phi) is 10.6. The zero-order valence-electron chi connectivity index (χ0n) is 15.3. The van der Waals surface area contributed by atoms with Gasteiger partial charge in [0.1, 0.15) is 0 Å². The molecule has 0 aliphatic heterocycles. The molecule has 0 aliphatic rings. The normalized spacial score (nSPS) is 18.0. The van der Waals surface area contributed by atoms with Gasteiger partial charge in [-0.2, -0.15) is 0 Å². The summed E-state index contributed by atoms with van der Waals surface area (Å²) >= 11 is 0. The zero-order valence-corrected chi connectivity index (χ0v) is 15.3. The summed E-state index contributed by atoms with van der Waals surface area (Å²) in [6.07, 6.45) is 9.15. The molecule has 0 saturated carbocycles. The van der Waals surface area contributed by atoms with Crippen molar-refractivity contribution in [3.8, 4) is 0 Å². The number of nitrogens with zero attached hydrogens (tertiary/aromatic N) is 1. The number of rotatable bonds is 12. The lowest BCUT2D eigenvalue weighted by Crippen LogP contribution is -2.57. The lowest BCUT2D eigenvalue weighted by Gasteiger charge is -2.44. The van der Waals surface area contributed by atoms with Gasteiger partial charge in [-0.15, -0.1) is 0 Å². The lowest BCUT2D eigenvalue weighted by molar-refractivity contribution is 0.0963. The second-order valence-corrected chi connectivity index (χ2v) is 6.76. The quantitative estimate of drug-likeness (QED) is 0.559. The second-order valence-electron chi connectivity index (χ2n) is 6.76. The minimum atomic E-state index is 0.259. The molecule has 0 spiro atoms. The summed E-state index contributed by atoms with van der Waals surface area (Å²) in [5, 5.41) is 3.84.